The van der Waals surface area contributed by atoms with Crippen molar-refractivity contribution in [3.8, 4) is 22.7 Å². The van der Waals surface area contributed by atoms with Crippen molar-refractivity contribution >= 4 is 40.8 Å². The van der Waals surface area contributed by atoms with Gasteiger partial charge in [-0.1, -0.05) is 54.3 Å². The van der Waals surface area contributed by atoms with Crippen LogP contribution >= 0.6 is 23.1 Å². The molecule has 1 unspecified atom stereocenters. The standard InChI is InChI=1S/C35H29N5O6S2/c1-5-17-46-34(42)30-21(2)36-35-39(32(30)22-11-14-26(47-4)15-12-22)33(41)29(48-35)19-24-20-38(25-9-7-6-8-10-25)37-31(24)23-13-16-28(45-3)27(18-23)40(43)44/h5-16,18-20,32H,1,17H2,2-4H3. The highest BCUT2D eigenvalue weighted by Gasteiger charge is 2.33. The third kappa shape index (κ3) is 6.12. The van der Waals surface area contributed by atoms with E-state index in [9.17, 15) is 19.7 Å². The Balaban J connectivity index is 1.56. The van der Waals surface area contributed by atoms with Gasteiger partial charge in [-0.2, -0.15) is 5.10 Å². The van der Waals surface area contributed by atoms with E-state index in [1.54, 1.807) is 41.7 Å². The number of thioether (sulfide) groups is 1. The van der Waals surface area contributed by atoms with Gasteiger partial charge in [0, 0.05) is 28.3 Å². The number of methoxy groups -OCH3 is 1. The number of hydrogen-bond acceptors (Lipinski definition) is 10. The predicted molar refractivity (Wildman–Crippen MR) is 185 cm³/mol. The largest absolute Gasteiger partial charge is 0.490 e. The molecule has 0 aliphatic carbocycles. The summed E-state index contributed by atoms with van der Waals surface area (Å²) in [5.41, 5.74) is 3.04. The van der Waals surface area contributed by atoms with Crippen molar-refractivity contribution in [2.24, 2.45) is 4.99 Å². The summed E-state index contributed by atoms with van der Waals surface area (Å²) in [6, 6.07) is 20.9. The van der Waals surface area contributed by atoms with Crippen LogP contribution in [0.4, 0.5) is 5.69 Å². The molecule has 1 atom stereocenters. The van der Waals surface area contributed by atoms with Gasteiger partial charge >= 0.3 is 11.7 Å². The van der Waals surface area contributed by atoms with E-state index in [4.69, 9.17) is 14.6 Å². The Morgan fingerprint density at radius 2 is 1.90 bits per heavy atom. The molecular weight excluding hydrogens is 651 g/mol. The number of aromatic nitrogens is 3. The molecule has 3 heterocycles. The highest BCUT2D eigenvalue weighted by atomic mass is 32.2. The molecule has 0 fully saturated rings. The topological polar surface area (TPSA) is 131 Å². The Bertz CT molecular complexity index is 2270. The molecule has 0 amide bonds. The minimum absolute atomic E-state index is 0.00979. The highest BCUT2D eigenvalue weighted by molar-refractivity contribution is 7.98. The Morgan fingerprint density at radius 3 is 2.56 bits per heavy atom. The zero-order valence-electron chi connectivity index (χ0n) is 26.2. The van der Waals surface area contributed by atoms with E-state index in [1.165, 1.54) is 41.2 Å². The molecule has 13 heteroatoms. The van der Waals surface area contributed by atoms with E-state index in [0.717, 1.165) is 16.1 Å². The fourth-order valence-electron chi connectivity index (χ4n) is 5.45. The van der Waals surface area contributed by atoms with Crippen molar-refractivity contribution in [3.63, 3.8) is 0 Å². The maximum Gasteiger partial charge on any atom is 0.338 e. The number of rotatable bonds is 10. The maximum atomic E-state index is 14.3. The van der Waals surface area contributed by atoms with Gasteiger partial charge in [0.05, 0.1) is 39.6 Å². The SMILES string of the molecule is C=CCOC(=O)C1=C(C)N=c2sc(=Cc3cn(-c4ccccc4)nc3-c3ccc(OC)c([N+](=O)[O-])c3)c(=O)n2C1c1ccc(SC)cc1. The van der Waals surface area contributed by atoms with Gasteiger partial charge in [-0.05, 0) is 61.2 Å². The first-order valence-corrected chi connectivity index (χ1v) is 16.7. The molecular formula is C35H29N5O6S2. The first-order chi connectivity index (χ1) is 23.2. The first-order valence-electron chi connectivity index (χ1n) is 14.7. The molecule has 11 nitrogen and oxygen atoms in total. The van der Waals surface area contributed by atoms with E-state index in [1.807, 2.05) is 60.9 Å². The lowest BCUT2D eigenvalue weighted by Gasteiger charge is -2.24. The molecule has 242 valence electrons. The number of nitro benzene ring substituents is 1. The normalized spacial score (nSPS) is 14.3. The summed E-state index contributed by atoms with van der Waals surface area (Å²) in [6.07, 6.45) is 6.92. The number of allylic oxidation sites excluding steroid dienone is 1. The minimum Gasteiger partial charge on any atom is -0.490 e. The van der Waals surface area contributed by atoms with E-state index >= 15 is 0 Å². The van der Waals surface area contributed by atoms with Gasteiger partial charge in [-0.3, -0.25) is 19.5 Å². The quantitative estimate of drug-likeness (QED) is 0.0626. The van der Waals surface area contributed by atoms with Crippen LogP contribution in [0.3, 0.4) is 0 Å². The second-order valence-corrected chi connectivity index (χ2v) is 12.5. The van der Waals surface area contributed by atoms with Crippen molar-refractivity contribution in [1.82, 2.24) is 14.3 Å². The van der Waals surface area contributed by atoms with Crippen molar-refractivity contribution < 1.29 is 19.2 Å². The maximum absolute atomic E-state index is 14.3. The molecule has 0 saturated heterocycles. The van der Waals surface area contributed by atoms with E-state index in [2.05, 4.69) is 11.6 Å². The number of esters is 1. The van der Waals surface area contributed by atoms with Gasteiger partial charge in [0.1, 0.15) is 12.3 Å². The molecule has 0 saturated carbocycles. The van der Waals surface area contributed by atoms with Crippen molar-refractivity contribution in [2.75, 3.05) is 20.0 Å². The summed E-state index contributed by atoms with van der Waals surface area (Å²) < 4.78 is 14.2. The van der Waals surface area contributed by atoms with Crippen LogP contribution in [0.5, 0.6) is 5.75 Å². The number of fused-ring (bicyclic) bond motifs is 1. The van der Waals surface area contributed by atoms with Gasteiger partial charge in [0.25, 0.3) is 5.56 Å². The van der Waals surface area contributed by atoms with Crippen molar-refractivity contribution in [3.05, 3.63) is 144 Å². The minimum atomic E-state index is -0.785. The fraction of sp³-hybridized carbons (Fsp3) is 0.143. The van der Waals surface area contributed by atoms with E-state index in [0.29, 0.717) is 31.9 Å². The van der Waals surface area contributed by atoms with Crippen LogP contribution < -0.4 is 19.6 Å². The number of benzene rings is 3. The molecule has 6 rings (SSSR count). The lowest BCUT2D eigenvalue weighted by Crippen LogP contribution is -2.39. The number of thiazole rings is 1. The zero-order chi connectivity index (χ0) is 33.9. The summed E-state index contributed by atoms with van der Waals surface area (Å²) in [6.45, 7) is 5.37. The molecule has 48 heavy (non-hydrogen) atoms. The third-order valence-corrected chi connectivity index (χ3v) is 9.43. The third-order valence-electron chi connectivity index (χ3n) is 7.70. The monoisotopic (exact) mass is 679 g/mol. The molecule has 1 aliphatic rings. The number of carbonyl (C=O) groups excluding carboxylic acids is 1. The second kappa shape index (κ2) is 13.7. The lowest BCUT2D eigenvalue weighted by atomic mass is 9.96. The molecule has 0 bridgehead atoms. The summed E-state index contributed by atoms with van der Waals surface area (Å²) in [5.74, 6) is -0.471. The molecule has 0 spiro atoms. The molecule has 2 aromatic heterocycles. The highest BCUT2D eigenvalue weighted by Crippen LogP contribution is 2.34. The van der Waals surface area contributed by atoms with Crippen molar-refractivity contribution in [1.29, 1.82) is 0 Å². The average Bonchev–Trinajstić information content (AvgIpc) is 3.66. The van der Waals surface area contributed by atoms with Crippen LogP contribution in [0, 0.1) is 10.1 Å². The number of carbonyl (C=O) groups is 1. The first kappa shape index (κ1) is 32.4. The van der Waals surface area contributed by atoms with E-state index in [-0.39, 0.29) is 29.2 Å². The Labute approximate surface area is 282 Å². The number of nitrogens with zero attached hydrogens (tertiary/aromatic N) is 5. The van der Waals surface area contributed by atoms with Crippen LogP contribution in [-0.2, 0) is 9.53 Å². The molecule has 3 aromatic carbocycles. The Morgan fingerprint density at radius 1 is 1.15 bits per heavy atom. The fourth-order valence-corrected chi connectivity index (χ4v) is 6.89. The Hall–Kier alpha value is -5.53. The van der Waals surface area contributed by atoms with Gasteiger partial charge < -0.3 is 9.47 Å². The molecule has 0 radical (unpaired) electrons. The van der Waals surface area contributed by atoms with Crippen LogP contribution in [0.2, 0.25) is 0 Å². The van der Waals surface area contributed by atoms with Gasteiger partial charge in [-0.25, -0.2) is 14.5 Å². The predicted octanol–water partition coefficient (Wildman–Crippen LogP) is 5.46. The summed E-state index contributed by atoms with van der Waals surface area (Å²) in [5, 5.41) is 16.6. The lowest BCUT2D eigenvalue weighted by molar-refractivity contribution is -0.385. The molecule has 0 N–H and O–H groups in total. The number of nitro groups is 1. The summed E-state index contributed by atoms with van der Waals surface area (Å²) in [4.78, 5) is 45.2. The average molecular weight is 680 g/mol. The summed E-state index contributed by atoms with van der Waals surface area (Å²) in [7, 11) is 1.37. The van der Waals surface area contributed by atoms with Gasteiger partial charge in [0.15, 0.2) is 10.6 Å². The van der Waals surface area contributed by atoms with Crippen LogP contribution in [0.25, 0.3) is 23.0 Å². The van der Waals surface area contributed by atoms with Gasteiger partial charge in [0.2, 0.25) is 0 Å². The van der Waals surface area contributed by atoms with Crippen LogP contribution in [-0.4, -0.2) is 45.2 Å². The van der Waals surface area contributed by atoms with E-state index < -0.39 is 16.9 Å². The summed E-state index contributed by atoms with van der Waals surface area (Å²) >= 11 is 2.76. The molecule has 5 aromatic rings. The van der Waals surface area contributed by atoms with Crippen LogP contribution in [0.15, 0.2) is 118 Å². The smallest absolute Gasteiger partial charge is 0.338 e. The zero-order valence-corrected chi connectivity index (χ0v) is 27.8. The number of para-hydroxylation sites is 1. The molecule has 1 aliphatic heterocycles. The van der Waals surface area contributed by atoms with Crippen LogP contribution in [0.1, 0.15) is 24.1 Å². The van der Waals surface area contributed by atoms with Gasteiger partial charge in [-0.15, -0.1) is 11.8 Å². The Kier molecular flexibility index (Phi) is 9.24. The number of hydrogen-bond donors (Lipinski definition) is 0. The van der Waals surface area contributed by atoms with Crippen molar-refractivity contribution in [2.45, 2.75) is 17.9 Å². The number of ether oxygens (including phenoxy) is 2. The second-order valence-electron chi connectivity index (χ2n) is 10.6.